The first kappa shape index (κ1) is 11.0. The number of benzene rings is 1. The minimum absolute atomic E-state index is 0.728. The molecule has 4 nitrogen and oxygen atoms in total. The molecule has 1 heterocycles. The smallest absolute Gasteiger partial charge is 0.224 e. The number of halogens is 1. The van der Waals surface area contributed by atoms with Gasteiger partial charge in [-0.15, -0.1) is 10.2 Å². The Balaban J connectivity index is 2.24. The van der Waals surface area contributed by atoms with Gasteiger partial charge in [-0.1, -0.05) is 23.7 Å². The average Bonchev–Trinajstić information content (AvgIpc) is 2.60. The number of nitrogens with one attached hydrogen (secondary N) is 1. The van der Waals surface area contributed by atoms with Crippen molar-refractivity contribution in [2.24, 2.45) is 7.05 Å². The number of nitrogens with zero attached hydrogens (tertiary/aromatic N) is 3. The van der Waals surface area contributed by atoms with Gasteiger partial charge in [-0.3, -0.25) is 0 Å². The van der Waals surface area contributed by atoms with E-state index in [1.165, 1.54) is 0 Å². The summed E-state index contributed by atoms with van der Waals surface area (Å²) in [6, 6.07) is 7.77. The van der Waals surface area contributed by atoms with Gasteiger partial charge in [0, 0.05) is 25.5 Å². The van der Waals surface area contributed by atoms with Crippen LogP contribution >= 0.6 is 11.6 Å². The van der Waals surface area contributed by atoms with Crippen LogP contribution in [0.4, 0.5) is 5.95 Å². The fourth-order valence-corrected chi connectivity index (χ4v) is 1.78. The van der Waals surface area contributed by atoms with Crippen LogP contribution in [-0.2, 0) is 13.5 Å². The highest BCUT2D eigenvalue weighted by atomic mass is 35.5. The van der Waals surface area contributed by atoms with E-state index in [2.05, 4.69) is 15.5 Å². The summed E-state index contributed by atoms with van der Waals surface area (Å²) in [5, 5.41) is 11.9. The van der Waals surface area contributed by atoms with E-state index in [1.807, 2.05) is 42.9 Å². The van der Waals surface area contributed by atoms with Crippen LogP contribution in [0.1, 0.15) is 11.4 Å². The molecular weight excluding hydrogens is 224 g/mol. The van der Waals surface area contributed by atoms with Gasteiger partial charge >= 0.3 is 0 Å². The zero-order valence-electron chi connectivity index (χ0n) is 9.24. The summed E-state index contributed by atoms with van der Waals surface area (Å²) in [6.45, 7) is 0. The lowest BCUT2D eigenvalue weighted by atomic mass is 10.1. The molecule has 0 spiro atoms. The molecule has 0 fully saturated rings. The normalized spacial score (nSPS) is 10.4. The second kappa shape index (κ2) is 4.53. The molecule has 1 aromatic heterocycles. The summed E-state index contributed by atoms with van der Waals surface area (Å²) in [7, 11) is 3.76. The van der Waals surface area contributed by atoms with Gasteiger partial charge in [0.25, 0.3) is 0 Å². The summed E-state index contributed by atoms with van der Waals surface area (Å²) in [5.41, 5.74) is 1.13. The molecule has 84 valence electrons. The molecular formula is C11H13ClN4. The van der Waals surface area contributed by atoms with E-state index in [9.17, 15) is 0 Å². The number of hydrogen-bond donors (Lipinski definition) is 1. The number of aromatic nitrogens is 3. The Hall–Kier alpha value is -1.55. The Morgan fingerprint density at radius 3 is 2.81 bits per heavy atom. The summed E-state index contributed by atoms with van der Waals surface area (Å²) in [5.74, 6) is 1.67. The molecule has 0 bridgehead atoms. The van der Waals surface area contributed by atoms with Crippen molar-refractivity contribution in [2.45, 2.75) is 6.42 Å². The van der Waals surface area contributed by atoms with Crippen LogP contribution in [0.25, 0.3) is 0 Å². The molecule has 16 heavy (non-hydrogen) atoms. The van der Waals surface area contributed by atoms with Crippen molar-refractivity contribution < 1.29 is 0 Å². The maximum Gasteiger partial charge on any atom is 0.224 e. The van der Waals surface area contributed by atoms with Crippen LogP contribution in [0.5, 0.6) is 0 Å². The Morgan fingerprint density at radius 1 is 1.38 bits per heavy atom. The molecule has 2 rings (SSSR count). The summed E-state index contributed by atoms with van der Waals surface area (Å²) in [4.78, 5) is 0. The lowest BCUT2D eigenvalue weighted by molar-refractivity contribution is 0.825. The standard InChI is InChI=1S/C11H13ClN4/c1-13-11-15-14-10(16(11)2)7-8-4-3-5-9(12)6-8/h3-6H,7H2,1-2H3,(H,13,15). The highest BCUT2D eigenvalue weighted by Crippen LogP contribution is 2.14. The van der Waals surface area contributed by atoms with Crippen LogP contribution in [0.3, 0.4) is 0 Å². The minimum Gasteiger partial charge on any atom is -0.357 e. The van der Waals surface area contributed by atoms with E-state index in [-0.39, 0.29) is 0 Å². The third kappa shape index (κ3) is 2.17. The summed E-state index contributed by atoms with van der Waals surface area (Å²) >= 11 is 5.93. The van der Waals surface area contributed by atoms with E-state index in [0.717, 1.165) is 28.8 Å². The van der Waals surface area contributed by atoms with Crippen molar-refractivity contribution in [3.8, 4) is 0 Å². The average molecular weight is 237 g/mol. The van der Waals surface area contributed by atoms with E-state index in [4.69, 9.17) is 11.6 Å². The summed E-state index contributed by atoms with van der Waals surface area (Å²) < 4.78 is 1.93. The topological polar surface area (TPSA) is 42.7 Å². The maximum atomic E-state index is 5.93. The zero-order valence-corrected chi connectivity index (χ0v) is 9.99. The van der Waals surface area contributed by atoms with Gasteiger partial charge in [-0.05, 0) is 17.7 Å². The van der Waals surface area contributed by atoms with Gasteiger partial charge in [0.1, 0.15) is 5.82 Å². The van der Waals surface area contributed by atoms with E-state index < -0.39 is 0 Å². The molecule has 0 aliphatic carbocycles. The number of rotatable bonds is 3. The predicted octanol–water partition coefficient (Wildman–Crippen LogP) is 2.10. The molecule has 1 aromatic carbocycles. The summed E-state index contributed by atoms with van der Waals surface area (Å²) in [6.07, 6.45) is 0.728. The largest absolute Gasteiger partial charge is 0.357 e. The molecule has 0 atom stereocenters. The fraction of sp³-hybridized carbons (Fsp3) is 0.273. The van der Waals surface area contributed by atoms with E-state index in [1.54, 1.807) is 0 Å². The molecule has 1 N–H and O–H groups in total. The second-order valence-electron chi connectivity index (χ2n) is 3.56. The third-order valence-electron chi connectivity index (χ3n) is 2.44. The van der Waals surface area contributed by atoms with E-state index >= 15 is 0 Å². The molecule has 0 amide bonds. The van der Waals surface area contributed by atoms with Gasteiger partial charge in [0.15, 0.2) is 0 Å². The molecule has 0 saturated carbocycles. The van der Waals surface area contributed by atoms with Crippen LogP contribution in [0.2, 0.25) is 5.02 Å². The fourth-order valence-electron chi connectivity index (χ4n) is 1.56. The second-order valence-corrected chi connectivity index (χ2v) is 3.99. The Bertz CT molecular complexity index is 492. The molecule has 0 saturated heterocycles. The quantitative estimate of drug-likeness (QED) is 0.888. The predicted molar refractivity (Wildman–Crippen MR) is 64.8 cm³/mol. The Kier molecular flexibility index (Phi) is 3.10. The first-order valence-electron chi connectivity index (χ1n) is 5.01. The van der Waals surface area contributed by atoms with Crippen molar-refractivity contribution in [3.63, 3.8) is 0 Å². The van der Waals surface area contributed by atoms with Gasteiger partial charge in [-0.2, -0.15) is 0 Å². The first-order chi connectivity index (χ1) is 7.70. The first-order valence-corrected chi connectivity index (χ1v) is 5.39. The number of anilines is 1. The molecule has 0 aliphatic rings. The SMILES string of the molecule is CNc1nnc(Cc2cccc(Cl)c2)n1C. The minimum atomic E-state index is 0.728. The van der Waals surface area contributed by atoms with Crippen molar-refractivity contribution in [2.75, 3.05) is 12.4 Å². The van der Waals surface area contributed by atoms with Crippen molar-refractivity contribution in [1.29, 1.82) is 0 Å². The third-order valence-corrected chi connectivity index (χ3v) is 2.67. The van der Waals surface area contributed by atoms with Crippen LogP contribution in [-0.4, -0.2) is 21.8 Å². The van der Waals surface area contributed by atoms with Gasteiger partial charge < -0.3 is 9.88 Å². The Labute approximate surface area is 99.3 Å². The molecule has 0 aliphatic heterocycles. The zero-order chi connectivity index (χ0) is 11.5. The van der Waals surface area contributed by atoms with Crippen LogP contribution < -0.4 is 5.32 Å². The van der Waals surface area contributed by atoms with Gasteiger partial charge in [0.05, 0.1) is 0 Å². The van der Waals surface area contributed by atoms with Crippen molar-refractivity contribution in [1.82, 2.24) is 14.8 Å². The van der Waals surface area contributed by atoms with Gasteiger partial charge in [-0.25, -0.2) is 0 Å². The van der Waals surface area contributed by atoms with Gasteiger partial charge in [0.2, 0.25) is 5.95 Å². The van der Waals surface area contributed by atoms with Crippen LogP contribution in [0.15, 0.2) is 24.3 Å². The molecule has 0 unspecified atom stereocenters. The molecule has 2 aromatic rings. The monoisotopic (exact) mass is 236 g/mol. The van der Waals surface area contributed by atoms with Crippen LogP contribution in [0, 0.1) is 0 Å². The molecule has 5 heteroatoms. The van der Waals surface area contributed by atoms with Crippen molar-refractivity contribution in [3.05, 3.63) is 40.7 Å². The van der Waals surface area contributed by atoms with Crippen molar-refractivity contribution >= 4 is 17.5 Å². The lowest BCUT2D eigenvalue weighted by Crippen LogP contribution is -2.03. The highest BCUT2D eigenvalue weighted by molar-refractivity contribution is 6.30. The van der Waals surface area contributed by atoms with E-state index in [0.29, 0.717) is 0 Å². The Morgan fingerprint density at radius 2 is 2.19 bits per heavy atom. The number of hydrogen-bond acceptors (Lipinski definition) is 3. The highest BCUT2D eigenvalue weighted by Gasteiger charge is 2.07. The molecule has 0 radical (unpaired) electrons. The lowest BCUT2D eigenvalue weighted by Gasteiger charge is -2.03. The maximum absolute atomic E-state index is 5.93.